The van der Waals surface area contributed by atoms with Crippen LogP contribution in [0.25, 0.3) is 6.08 Å². The molecule has 0 saturated carbocycles. The molecule has 1 N–H and O–H groups in total. The van der Waals surface area contributed by atoms with Gasteiger partial charge < -0.3 is 10.1 Å². The minimum absolute atomic E-state index is 0.303. The van der Waals surface area contributed by atoms with Crippen LogP contribution in [0.4, 0.5) is 0 Å². The molecule has 3 heteroatoms. The van der Waals surface area contributed by atoms with Crippen molar-refractivity contribution in [3.63, 3.8) is 0 Å². The summed E-state index contributed by atoms with van der Waals surface area (Å²) in [6.45, 7) is 2.92. The highest BCUT2D eigenvalue weighted by atomic mass is 16.5. The first-order chi connectivity index (χ1) is 7.67. The molecule has 0 spiro atoms. The van der Waals surface area contributed by atoms with Gasteiger partial charge in [-0.3, -0.25) is 0 Å². The highest BCUT2D eigenvalue weighted by Gasteiger charge is 2.03. The zero-order chi connectivity index (χ0) is 12.0. The number of methoxy groups -OCH3 is 1. The monoisotopic (exact) mass is 219 g/mol. The smallest absolute Gasteiger partial charge is 0.337 e. The second-order valence-corrected chi connectivity index (χ2v) is 3.63. The SMILES string of the molecule is CNCC(C)=Cc1ccc(C(=O)OC)cc1. The molecule has 0 aliphatic heterocycles. The summed E-state index contributed by atoms with van der Waals surface area (Å²) >= 11 is 0. The van der Waals surface area contributed by atoms with Crippen molar-refractivity contribution in [3.05, 3.63) is 41.0 Å². The molecule has 3 nitrogen and oxygen atoms in total. The Hall–Kier alpha value is -1.61. The van der Waals surface area contributed by atoms with Crippen LogP contribution in [0.5, 0.6) is 0 Å². The van der Waals surface area contributed by atoms with Crippen LogP contribution in [0.2, 0.25) is 0 Å². The fourth-order valence-electron chi connectivity index (χ4n) is 1.45. The van der Waals surface area contributed by atoms with Gasteiger partial charge in [0.2, 0.25) is 0 Å². The summed E-state index contributed by atoms with van der Waals surface area (Å²) < 4.78 is 4.63. The van der Waals surface area contributed by atoms with Crippen LogP contribution in [-0.4, -0.2) is 26.7 Å². The molecule has 86 valence electrons. The Morgan fingerprint density at radius 3 is 2.50 bits per heavy atom. The molecule has 0 atom stereocenters. The molecule has 0 radical (unpaired) electrons. The Kier molecular flexibility index (Phi) is 4.73. The molecule has 0 unspecified atom stereocenters. The Bertz CT molecular complexity index is 379. The molecular weight excluding hydrogens is 202 g/mol. The van der Waals surface area contributed by atoms with Gasteiger partial charge in [-0.2, -0.15) is 0 Å². The van der Waals surface area contributed by atoms with Gasteiger partial charge in [-0.1, -0.05) is 23.8 Å². The summed E-state index contributed by atoms with van der Waals surface area (Å²) in [5, 5.41) is 3.08. The summed E-state index contributed by atoms with van der Waals surface area (Å²) in [5.41, 5.74) is 2.90. The number of hydrogen-bond donors (Lipinski definition) is 1. The van der Waals surface area contributed by atoms with Crippen molar-refractivity contribution in [1.29, 1.82) is 0 Å². The minimum atomic E-state index is -0.303. The molecule has 0 bridgehead atoms. The minimum Gasteiger partial charge on any atom is -0.465 e. The second-order valence-electron chi connectivity index (χ2n) is 3.63. The molecule has 0 saturated heterocycles. The maximum atomic E-state index is 11.2. The van der Waals surface area contributed by atoms with E-state index in [-0.39, 0.29) is 5.97 Å². The van der Waals surface area contributed by atoms with Gasteiger partial charge in [-0.15, -0.1) is 0 Å². The largest absolute Gasteiger partial charge is 0.465 e. The lowest BCUT2D eigenvalue weighted by Crippen LogP contribution is -2.08. The molecule has 1 aromatic carbocycles. The molecule has 1 aromatic rings. The molecule has 1 rings (SSSR count). The average Bonchev–Trinajstić information content (AvgIpc) is 2.29. The molecule has 0 aliphatic carbocycles. The van der Waals surface area contributed by atoms with Crippen molar-refractivity contribution in [2.45, 2.75) is 6.92 Å². The third kappa shape index (κ3) is 3.51. The van der Waals surface area contributed by atoms with E-state index in [1.54, 1.807) is 12.1 Å². The maximum Gasteiger partial charge on any atom is 0.337 e. The van der Waals surface area contributed by atoms with Crippen molar-refractivity contribution < 1.29 is 9.53 Å². The summed E-state index contributed by atoms with van der Waals surface area (Å²) in [6, 6.07) is 7.35. The number of likely N-dealkylation sites (N-methyl/N-ethyl adjacent to an activating group) is 1. The third-order valence-corrected chi connectivity index (χ3v) is 2.20. The van der Waals surface area contributed by atoms with E-state index in [0.29, 0.717) is 5.56 Å². The topological polar surface area (TPSA) is 38.3 Å². The van der Waals surface area contributed by atoms with Crippen molar-refractivity contribution in [3.8, 4) is 0 Å². The number of carbonyl (C=O) groups is 1. The highest BCUT2D eigenvalue weighted by Crippen LogP contribution is 2.09. The lowest BCUT2D eigenvalue weighted by atomic mass is 10.1. The van der Waals surface area contributed by atoms with Crippen molar-refractivity contribution in [2.75, 3.05) is 20.7 Å². The van der Waals surface area contributed by atoms with Crippen molar-refractivity contribution >= 4 is 12.0 Å². The van der Waals surface area contributed by atoms with Crippen LogP contribution in [0.15, 0.2) is 29.8 Å². The van der Waals surface area contributed by atoms with E-state index in [1.807, 2.05) is 19.2 Å². The summed E-state index contributed by atoms with van der Waals surface area (Å²) in [5.74, 6) is -0.303. The molecule has 0 aliphatic rings. The first kappa shape index (κ1) is 12.5. The number of hydrogen-bond acceptors (Lipinski definition) is 3. The molecule has 0 amide bonds. The quantitative estimate of drug-likeness (QED) is 0.788. The third-order valence-electron chi connectivity index (χ3n) is 2.20. The predicted octanol–water partition coefficient (Wildman–Crippen LogP) is 2.10. The summed E-state index contributed by atoms with van der Waals surface area (Å²) in [6.07, 6.45) is 2.08. The van der Waals surface area contributed by atoms with Gasteiger partial charge in [0, 0.05) is 6.54 Å². The fourth-order valence-corrected chi connectivity index (χ4v) is 1.45. The Labute approximate surface area is 96.1 Å². The Morgan fingerprint density at radius 2 is 2.00 bits per heavy atom. The molecule has 0 fully saturated rings. The van der Waals surface area contributed by atoms with Gasteiger partial charge in [-0.05, 0) is 31.7 Å². The zero-order valence-corrected chi connectivity index (χ0v) is 9.91. The number of nitrogens with one attached hydrogen (secondary N) is 1. The van der Waals surface area contributed by atoms with Gasteiger partial charge in [0.05, 0.1) is 12.7 Å². The van der Waals surface area contributed by atoms with E-state index in [1.165, 1.54) is 12.7 Å². The number of carbonyl (C=O) groups excluding carboxylic acids is 1. The average molecular weight is 219 g/mol. The van der Waals surface area contributed by atoms with Gasteiger partial charge in [0.25, 0.3) is 0 Å². The van der Waals surface area contributed by atoms with Crippen molar-refractivity contribution in [1.82, 2.24) is 5.32 Å². The maximum absolute atomic E-state index is 11.2. The van der Waals surface area contributed by atoms with E-state index >= 15 is 0 Å². The summed E-state index contributed by atoms with van der Waals surface area (Å²) in [4.78, 5) is 11.2. The number of rotatable bonds is 4. The predicted molar refractivity (Wildman–Crippen MR) is 65.4 cm³/mol. The van der Waals surface area contributed by atoms with Crippen LogP contribution in [0.3, 0.4) is 0 Å². The second kappa shape index (κ2) is 6.08. The lowest BCUT2D eigenvalue weighted by molar-refractivity contribution is 0.0601. The summed E-state index contributed by atoms with van der Waals surface area (Å²) in [7, 11) is 3.30. The Morgan fingerprint density at radius 1 is 1.38 bits per heavy atom. The van der Waals surface area contributed by atoms with Gasteiger partial charge in [0.1, 0.15) is 0 Å². The van der Waals surface area contributed by atoms with Crippen LogP contribution in [-0.2, 0) is 4.74 Å². The zero-order valence-electron chi connectivity index (χ0n) is 9.91. The van der Waals surface area contributed by atoms with E-state index in [4.69, 9.17) is 0 Å². The molecule has 0 heterocycles. The van der Waals surface area contributed by atoms with E-state index in [2.05, 4.69) is 23.1 Å². The first-order valence-corrected chi connectivity index (χ1v) is 5.17. The van der Waals surface area contributed by atoms with Gasteiger partial charge >= 0.3 is 5.97 Å². The lowest BCUT2D eigenvalue weighted by Gasteiger charge is -2.02. The van der Waals surface area contributed by atoms with Gasteiger partial charge in [-0.25, -0.2) is 4.79 Å². The highest BCUT2D eigenvalue weighted by molar-refractivity contribution is 5.89. The van der Waals surface area contributed by atoms with Crippen LogP contribution < -0.4 is 5.32 Å². The van der Waals surface area contributed by atoms with Gasteiger partial charge in [0.15, 0.2) is 0 Å². The van der Waals surface area contributed by atoms with Crippen LogP contribution >= 0.6 is 0 Å². The molecule has 16 heavy (non-hydrogen) atoms. The first-order valence-electron chi connectivity index (χ1n) is 5.17. The normalized spacial score (nSPS) is 11.3. The van der Waals surface area contributed by atoms with E-state index in [9.17, 15) is 4.79 Å². The van der Waals surface area contributed by atoms with E-state index < -0.39 is 0 Å². The van der Waals surface area contributed by atoms with Crippen LogP contribution in [0.1, 0.15) is 22.8 Å². The number of ether oxygens (including phenoxy) is 1. The van der Waals surface area contributed by atoms with Crippen LogP contribution in [0, 0.1) is 0 Å². The Balaban J connectivity index is 2.79. The fraction of sp³-hybridized carbons (Fsp3) is 0.308. The van der Waals surface area contributed by atoms with E-state index in [0.717, 1.165) is 12.1 Å². The molecular formula is C13H17NO2. The van der Waals surface area contributed by atoms with Crippen molar-refractivity contribution in [2.24, 2.45) is 0 Å². The standard InChI is InChI=1S/C13H17NO2/c1-10(9-14-2)8-11-4-6-12(7-5-11)13(15)16-3/h4-8,14H,9H2,1-3H3. The number of esters is 1. The molecule has 0 aromatic heterocycles. The number of benzene rings is 1.